The van der Waals surface area contributed by atoms with E-state index in [1.165, 1.54) is 6.42 Å². The molecule has 0 amide bonds. The SMILES string of the molecule is CC1CCC(C(O)c2cnn(C)c2N)CC1C. The van der Waals surface area contributed by atoms with E-state index in [1.54, 1.807) is 17.9 Å². The van der Waals surface area contributed by atoms with Crippen LogP contribution in [0.25, 0.3) is 0 Å². The van der Waals surface area contributed by atoms with E-state index in [9.17, 15) is 5.11 Å². The molecule has 1 aliphatic carbocycles. The Morgan fingerprint density at radius 2 is 2.12 bits per heavy atom. The molecule has 0 spiro atoms. The van der Waals surface area contributed by atoms with E-state index in [0.29, 0.717) is 17.7 Å². The van der Waals surface area contributed by atoms with Gasteiger partial charge in [-0.3, -0.25) is 4.68 Å². The Morgan fingerprint density at radius 3 is 2.65 bits per heavy atom. The van der Waals surface area contributed by atoms with Crippen LogP contribution in [0, 0.1) is 17.8 Å². The van der Waals surface area contributed by atoms with Crippen molar-refractivity contribution in [3.63, 3.8) is 0 Å². The lowest BCUT2D eigenvalue weighted by Gasteiger charge is -2.34. The molecule has 0 radical (unpaired) electrons. The molecule has 17 heavy (non-hydrogen) atoms. The largest absolute Gasteiger partial charge is 0.388 e. The average Bonchev–Trinajstić information content (AvgIpc) is 2.63. The van der Waals surface area contributed by atoms with Crippen LogP contribution >= 0.6 is 0 Å². The Bertz CT molecular complexity index is 388. The topological polar surface area (TPSA) is 64.1 Å². The molecular formula is C13H23N3O. The fraction of sp³-hybridized carbons (Fsp3) is 0.769. The highest BCUT2D eigenvalue weighted by Crippen LogP contribution is 2.40. The molecule has 1 aromatic heterocycles. The predicted octanol–water partition coefficient (Wildman–Crippen LogP) is 2.11. The van der Waals surface area contributed by atoms with Crippen molar-refractivity contribution < 1.29 is 5.11 Å². The van der Waals surface area contributed by atoms with Gasteiger partial charge in [0, 0.05) is 12.6 Å². The molecule has 4 nitrogen and oxygen atoms in total. The van der Waals surface area contributed by atoms with Crippen LogP contribution in [0.1, 0.15) is 44.8 Å². The number of aryl methyl sites for hydroxylation is 1. The number of aromatic nitrogens is 2. The number of nitrogens with zero attached hydrogens (tertiary/aromatic N) is 2. The summed E-state index contributed by atoms with van der Waals surface area (Å²) in [6.07, 6.45) is 4.60. The molecule has 4 atom stereocenters. The van der Waals surface area contributed by atoms with E-state index in [4.69, 9.17) is 5.73 Å². The molecule has 0 aliphatic heterocycles. The second-order valence-electron chi connectivity index (χ2n) is 5.58. The zero-order valence-electron chi connectivity index (χ0n) is 10.9. The molecule has 96 valence electrons. The first-order valence-corrected chi connectivity index (χ1v) is 6.46. The average molecular weight is 237 g/mol. The van der Waals surface area contributed by atoms with E-state index in [-0.39, 0.29) is 0 Å². The van der Waals surface area contributed by atoms with E-state index < -0.39 is 6.10 Å². The third-order valence-corrected chi connectivity index (χ3v) is 4.42. The quantitative estimate of drug-likeness (QED) is 0.828. The highest BCUT2D eigenvalue weighted by molar-refractivity contribution is 5.40. The third kappa shape index (κ3) is 2.32. The normalized spacial score (nSPS) is 31.4. The molecule has 0 bridgehead atoms. The van der Waals surface area contributed by atoms with Crippen molar-refractivity contribution in [1.29, 1.82) is 0 Å². The van der Waals surface area contributed by atoms with Gasteiger partial charge < -0.3 is 10.8 Å². The third-order valence-electron chi connectivity index (χ3n) is 4.42. The van der Waals surface area contributed by atoms with E-state index in [1.807, 2.05) is 0 Å². The standard InChI is InChI=1S/C13H23N3O/c1-8-4-5-10(6-9(8)2)12(17)11-7-15-16(3)13(11)14/h7-10,12,17H,4-6,14H2,1-3H3. The number of rotatable bonds is 2. The van der Waals surface area contributed by atoms with Crippen LogP contribution in [0.2, 0.25) is 0 Å². The lowest BCUT2D eigenvalue weighted by molar-refractivity contribution is 0.0566. The number of nitrogens with two attached hydrogens (primary N) is 1. The van der Waals surface area contributed by atoms with Crippen molar-refractivity contribution in [1.82, 2.24) is 9.78 Å². The molecule has 1 aromatic rings. The van der Waals surface area contributed by atoms with Crippen LogP contribution in [0.15, 0.2) is 6.20 Å². The number of aliphatic hydroxyl groups is 1. The van der Waals surface area contributed by atoms with E-state index in [2.05, 4.69) is 18.9 Å². The summed E-state index contributed by atoms with van der Waals surface area (Å²) in [4.78, 5) is 0. The molecule has 3 N–H and O–H groups in total. The van der Waals surface area contributed by atoms with Gasteiger partial charge >= 0.3 is 0 Å². The van der Waals surface area contributed by atoms with Crippen LogP contribution < -0.4 is 5.73 Å². The molecule has 4 unspecified atom stereocenters. The summed E-state index contributed by atoms with van der Waals surface area (Å²) in [6, 6.07) is 0. The van der Waals surface area contributed by atoms with Gasteiger partial charge in [-0.2, -0.15) is 5.10 Å². The van der Waals surface area contributed by atoms with Crippen LogP contribution in [-0.2, 0) is 7.05 Å². The van der Waals surface area contributed by atoms with Gasteiger partial charge in [-0.15, -0.1) is 0 Å². The Kier molecular flexibility index (Phi) is 3.43. The van der Waals surface area contributed by atoms with Crippen LogP contribution in [-0.4, -0.2) is 14.9 Å². The van der Waals surface area contributed by atoms with Gasteiger partial charge in [0.2, 0.25) is 0 Å². The first kappa shape index (κ1) is 12.4. The van der Waals surface area contributed by atoms with E-state index >= 15 is 0 Å². The number of hydrogen-bond acceptors (Lipinski definition) is 3. The van der Waals surface area contributed by atoms with Gasteiger partial charge in [-0.25, -0.2) is 0 Å². The number of anilines is 1. The highest BCUT2D eigenvalue weighted by Gasteiger charge is 2.31. The van der Waals surface area contributed by atoms with Crippen molar-refractivity contribution in [3.05, 3.63) is 11.8 Å². The van der Waals surface area contributed by atoms with Crippen molar-refractivity contribution >= 4 is 5.82 Å². The van der Waals surface area contributed by atoms with Gasteiger partial charge in [-0.05, 0) is 30.6 Å². The number of nitrogen functional groups attached to an aromatic ring is 1. The summed E-state index contributed by atoms with van der Waals surface area (Å²) in [5, 5.41) is 14.5. The maximum atomic E-state index is 10.4. The van der Waals surface area contributed by atoms with Gasteiger partial charge in [0.15, 0.2) is 0 Å². The van der Waals surface area contributed by atoms with Gasteiger partial charge in [0.05, 0.1) is 12.3 Å². The van der Waals surface area contributed by atoms with Crippen molar-refractivity contribution in [2.45, 2.75) is 39.2 Å². The molecule has 1 aliphatic rings. The second kappa shape index (κ2) is 4.69. The zero-order valence-corrected chi connectivity index (χ0v) is 10.9. The minimum atomic E-state index is -0.460. The summed E-state index contributed by atoms with van der Waals surface area (Å²) >= 11 is 0. The first-order valence-electron chi connectivity index (χ1n) is 6.46. The van der Waals surface area contributed by atoms with Crippen molar-refractivity contribution in [3.8, 4) is 0 Å². The number of hydrogen-bond donors (Lipinski definition) is 2. The minimum absolute atomic E-state index is 0.327. The van der Waals surface area contributed by atoms with E-state index in [0.717, 1.165) is 24.3 Å². The monoisotopic (exact) mass is 237 g/mol. The maximum absolute atomic E-state index is 10.4. The lowest BCUT2D eigenvalue weighted by atomic mass is 9.73. The van der Waals surface area contributed by atoms with Crippen molar-refractivity contribution in [2.24, 2.45) is 24.8 Å². The molecule has 1 saturated carbocycles. The van der Waals surface area contributed by atoms with Gasteiger partial charge in [0.25, 0.3) is 0 Å². The van der Waals surface area contributed by atoms with Crippen LogP contribution in [0.5, 0.6) is 0 Å². The molecule has 0 saturated heterocycles. The Balaban J connectivity index is 2.10. The fourth-order valence-electron chi connectivity index (χ4n) is 2.82. The van der Waals surface area contributed by atoms with Crippen molar-refractivity contribution in [2.75, 3.05) is 5.73 Å². The molecule has 1 heterocycles. The molecule has 2 rings (SSSR count). The predicted molar refractivity (Wildman–Crippen MR) is 68.2 cm³/mol. The maximum Gasteiger partial charge on any atom is 0.127 e. The Morgan fingerprint density at radius 1 is 1.41 bits per heavy atom. The molecule has 4 heteroatoms. The summed E-state index contributed by atoms with van der Waals surface area (Å²) < 4.78 is 1.62. The Hall–Kier alpha value is -1.03. The zero-order chi connectivity index (χ0) is 12.6. The highest BCUT2D eigenvalue weighted by atomic mass is 16.3. The summed E-state index contributed by atoms with van der Waals surface area (Å²) in [6.45, 7) is 4.57. The van der Waals surface area contributed by atoms with Gasteiger partial charge in [-0.1, -0.05) is 20.3 Å². The fourth-order valence-corrected chi connectivity index (χ4v) is 2.82. The van der Waals surface area contributed by atoms with Crippen LogP contribution in [0.3, 0.4) is 0 Å². The molecule has 1 fully saturated rings. The smallest absolute Gasteiger partial charge is 0.127 e. The summed E-state index contributed by atoms with van der Waals surface area (Å²) in [5.41, 5.74) is 6.70. The number of aliphatic hydroxyl groups excluding tert-OH is 1. The second-order valence-corrected chi connectivity index (χ2v) is 5.58. The molecular weight excluding hydrogens is 214 g/mol. The minimum Gasteiger partial charge on any atom is -0.388 e. The lowest BCUT2D eigenvalue weighted by Crippen LogP contribution is -2.25. The molecule has 0 aromatic carbocycles. The summed E-state index contributed by atoms with van der Waals surface area (Å²) in [5.74, 6) is 2.36. The van der Waals surface area contributed by atoms with Gasteiger partial charge in [0.1, 0.15) is 5.82 Å². The first-order chi connectivity index (χ1) is 8.00. The summed E-state index contributed by atoms with van der Waals surface area (Å²) in [7, 11) is 1.80. The Labute approximate surface area is 103 Å². The van der Waals surface area contributed by atoms with Crippen LogP contribution in [0.4, 0.5) is 5.82 Å².